The first-order valence-corrected chi connectivity index (χ1v) is 7.20. The summed E-state index contributed by atoms with van der Waals surface area (Å²) in [4.78, 5) is 1.29. The fourth-order valence-corrected chi connectivity index (χ4v) is 1.40. The molecular formula is C8H13O5S2+. The first-order chi connectivity index (χ1) is 6.70. The lowest BCUT2D eigenvalue weighted by Crippen LogP contribution is -1.93. The van der Waals surface area contributed by atoms with Crippen molar-refractivity contribution in [1.29, 1.82) is 0 Å². The summed E-state index contributed by atoms with van der Waals surface area (Å²) in [5, 5.41) is 8.94. The Morgan fingerprint density at radius 3 is 1.67 bits per heavy atom. The zero-order valence-electron chi connectivity index (χ0n) is 8.28. The normalized spacial score (nSPS) is 10.7. The van der Waals surface area contributed by atoms with Gasteiger partial charge in [-0.15, -0.1) is 0 Å². The van der Waals surface area contributed by atoms with Gasteiger partial charge in [-0.1, -0.05) is 0 Å². The van der Waals surface area contributed by atoms with Gasteiger partial charge in [-0.2, -0.15) is 8.42 Å². The number of phenolic OH excluding ortho intramolecular Hbond substituents is 1. The highest BCUT2D eigenvalue weighted by atomic mass is 32.3. The molecule has 0 radical (unpaired) electrons. The molecule has 15 heavy (non-hydrogen) atoms. The maximum Gasteiger partial charge on any atom is 0.394 e. The number of rotatable bonds is 1. The summed E-state index contributed by atoms with van der Waals surface area (Å²) in [7, 11) is -4.36. The van der Waals surface area contributed by atoms with Crippen LogP contribution in [-0.2, 0) is 21.3 Å². The molecule has 0 saturated heterocycles. The van der Waals surface area contributed by atoms with Gasteiger partial charge in [0.2, 0.25) is 0 Å². The van der Waals surface area contributed by atoms with E-state index in [0.29, 0.717) is 16.6 Å². The van der Waals surface area contributed by atoms with Gasteiger partial charge in [-0.05, 0) is 24.3 Å². The molecule has 7 heteroatoms. The molecule has 1 aromatic carbocycles. The highest BCUT2D eigenvalue weighted by molar-refractivity contribution is 7.95. The maximum absolute atomic E-state index is 8.94. The number of aromatic hydroxyl groups is 1. The van der Waals surface area contributed by atoms with Crippen molar-refractivity contribution in [3.05, 3.63) is 24.3 Å². The third-order valence-corrected chi connectivity index (χ3v) is 2.52. The molecule has 0 spiro atoms. The number of benzene rings is 1. The molecule has 0 heterocycles. The molecule has 0 bridgehead atoms. The average molecular weight is 253 g/mol. The molecule has 0 atom stereocenters. The molecule has 0 saturated carbocycles. The summed E-state index contributed by atoms with van der Waals surface area (Å²) in [6.45, 7) is 0. The molecule has 1 aromatic rings. The van der Waals surface area contributed by atoms with E-state index >= 15 is 0 Å². The van der Waals surface area contributed by atoms with Crippen molar-refractivity contribution < 1.29 is 22.6 Å². The SMILES string of the molecule is C[S+](C)c1ccc(O)cc1.O=S(=O)(O)O. The summed E-state index contributed by atoms with van der Waals surface area (Å²) >= 11 is 0. The van der Waals surface area contributed by atoms with Gasteiger partial charge < -0.3 is 5.11 Å². The van der Waals surface area contributed by atoms with Crippen LogP contribution in [0.4, 0.5) is 0 Å². The number of hydrogen-bond acceptors (Lipinski definition) is 3. The van der Waals surface area contributed by atoms with Crippen LogP contribution in [0.2, 0.25) is 0 Å². The molecule has 0 amide bonds. The van der Waals surface area contributed by atoms with Crippen molar-refractivity contribution in [3.63, 3.8) is 0 Å². The molecular weight excluding hydrogens is 240 g/mol. The molecule has 0 fully saturated rings. The molecule has 0 aromatic heterocycles. The summed E-state index contributed by atoms with van der Waals surface area (Å²) in [5.74, 6) is 0.342. The minimum absolute atomic E-state index is 0.302. The Morgan fingerprint density at radius 2 is 1.40 bits per heavy atom. The predicted octanol–water partition coefficient (Wildman–Crippen LogP) is 0.976. The molecule has 86 valence electrons. The Balaban J connectivity index is 0.000000336. The zero-order valence-corrected chi connectivity index (χ0v) is 9.92. The lowest BCUT2D eigenvalue weighted by molar-refractivity contribution is 0.381. The summed E-state index contributed by atoms with van der Waals surface area (Å²) in [6, 6.07) is 7.36. The third-order valence-electron chi connectivity index (χ3n) is 1.31. The van der Waals surface area contributed by atoms with E-state index in [2.05, 4.69) is 12.5 Å². The van der Waals surface area contributed by atoms with E-state index in [0.717, 1.165) is 0 Å². The minimum atomic E-state index is -4.67. The van der Waals surface area contributed by atoms with Gasteiger partial charge >= 0.3 is 10.4 Å². The molecule has 1 rings (SSSR count). The fraction of sp³-hybridized carbons (Fsp3) is 0.250. The van der Waals surface area contributed by atoms with Crippen LogP contribution in [0.25, 0.3) is 0 Å². The van der Waals surface area contributed by atoms with Crippen molar-refractivity contribution in [1.82, 2.24) is 0 Å². The Hall–Kier alpha value is -0.760. The topological polar surface area (TPSA) is 94.8 Å². The van der Waals surface area contributed by atoms with Crippen molar-refractivity contribution in [2.75, 3.05) is 12.5 Å². The second-order valence-corrected chi connectivity index (χ2v) is 5.76. The fourth-order valence-electron chi connectivity index (χ4n) is 0.718. The molecule has 0 aliphatic carbocycles. The molecule has 0 unspecified atom stereocenters. The van der Waals surface area contributed by atoms with Crippen LogP contribution >= 0.6 is 0 Å². The van der Waals surface area contributed by atoms with E-state index in [1.54, 1.807) is 12.1 Å². The van der Waals surface area contributed by atoms with Crippen molar-refractivity contribution >= 4 is 21.3 Å². The van der Waals surface area contributed by atoms with E-state index in [4.69, 9.17) is 22.6 Å². The molecule has 0 aliphatic rings. The van der Waals surface area contributed by atoms with Crippen molar-refractivity contribution in [3.8, 4) is 5.75 Å². The Labute approximate surface area is 91.7 Å². The second-order valence-electron chi connectivity index (χ2n) is 2.76. The Bertz CT molecular complexity index is 374. The quantitative estimate of drug-likeness (QED) is 0.512. The van der Waals surface area contributed by atoms with Gasteiger partial charge in [-0.25, -0.2) is 0 Å². The van der Waals surface area contributed by atoms with Gasteiger partial charge in [0.05, 0.1) is 0 Å². The maximum atomic E-state index is 8.94. The first kappa shape index (κ1) is 14.2. The average Bonchev–Trinajstić information content (AvgIpc) is 2.01. The highest BCUT2D eigenvalue weighted by Gasteiger charge is 2.05. The monoisotopic (exact) mass is 253 g/mol. The van der Waals surface area contributed by atoms with Crippen LogP contribution in [0.15, 0.2) is 29.2 Å². The Kier molecular flexibility index (Phi) is 5.66. The van der Waals surface area contributed by atoms with Crippen molar-refractivity contribution in [2.45, 2.75) is 4.90 Å². The molecule has 3 N–H and O–H groups in total. The molecule has 5 nitrogen and oxygen atoms in total. The van der Waals surface area contributed by atoms with E-state index in [1.165, 1.54) is 4.90 Å². The van der Waals surface area contributed by atoms with Crippen molar-refractivity contribution in [2.24, 2.45) is 0 Å². The highest BCUT2D eigenvalue weighted by Crippen LogP contribution is 2.13. The van der Waals surface area contributed by atoms with Crippen LogP contribution in [0.3, 0.4) is 0 Å². The van der Waals surface area contributed by atoms with Gasteiger partial charge in [0.25, 0.3) is 0 Å². The largest absolute Gasteiger partial charge is 0.508 e. The Morgan fingerprint density at radius 1 is 1.07 bits per heavy atom. The summed E-state index contributed by atoms with van der Waals surface area (Å²) in [6.07, 6.45) is 4.32. The summed E-state index contributed by atoms with van der Waals surface area (Å²) < 4.78 is 31.6. The van der Waals surface area contributed by atoms with Crippen LogP contribution in [0, 0.1) is 0 Å². The predicted molar refractivity (Wildman–Crippen MR) is 59.8 cm³/mol. The van der Waals surface area contributed by atoms with Crippen LogP contribution in [0.5, 0.6) is 5.75 Å². The van der Waals surface area contributed by atoms with Crippen LogP contribution < -0.4 is 0 Å². The number of phenols is 1. The van der Waals surface area contributed by atoms with Gasteiger partial charge in [0.1, 0.15) is 18.3 Å². The standard InChI is InChI=1S/C8H10OS.H2O4S/c1-10(2)8-5-3-7(9)4-6-8;1-5(2,3)4/h3-6H,1-2H3;(H2,1,2,3,4)/p+1. The van der Waals surface area contributed by atoms with E-state index < -0.39 is 10.4 Å². The lowest BCUT2D eigenvalue weighted by Gasteiger charge is -1.94. The van der Waals surface area contributed by atoms with E-state index in [-0.39, 0.29) is 0 Å². The second kappa shape index (κ2) is 5.96. The molecule has 0 aliphatic heterocycles. The van der Waals surface area contributed by atoms with Crippen LogP contribution in [0.1, 0.15) is 0 Å². The summed E-state index contributed by atoms with van der Waals surface area (Å²) in [5.41, 5.74) is 0. The van der Waals surface area contributed by atoms with E-state index in [1.807, 2.05) is 12.1 Å². The minimum Gasteiger partial charge on any atom is -0.508 e. The van der Waals surface area contributed by atoms with Gasteiger partial charge in [-0.3, -0.25) is 9.11 Å². The first-order valence-electron chi connectivity index (χ1n) is 3.76. The zero-order chi connectivity index (χ0) is 12.1. The van der Waals surface area contributed by atoms with Gasteiger partial charge in [0, 0.05) is 10.9 Å². The van der Waals surface area contributed by atoms with Crippen LogP contribution in [-0.4, -0.2) is 35.1 Å². The third kappa shape index (κ3) is 9.54. The lowest BCUT2D eigenvalue weighted by atomic mass is 10.3. The van der Waals surface area contributed by atoms with E-state index in [9.17, 15) is 0 Å². The van der Waals surface area contributed by atoms with Gasteiger partial charge in [0.15, 0.2) is 4.90 Å². The number of hydrogen-bond donors (Lipinski definition) is 3. The smallest absolute Gasteiger partial charge is 0.394 e.